The molecule has 3 aromatic carbocycles. The normalized spacial score (nSPS) is 11.2. The van der Waals surface area contributed by atoms with E-state index >= 15 is 0 Å². The maximum atomic E-state index is 12.1. The molecule has 0 aliphatic carbocycles. The number of rotatable bonds is 10. The summed E-state index contributed by atoms with van der Waals surface area (Å²) in [5.74, 6) is 1.85. The Kier molecular flexibility index (Phi) is 7.76. The Morgan fingerprint density at radius 3 is 2.65 bits per heavy atom. The fourth-order valence-corrected chi connectivity index (χ4v) is 4.03. The molecule has 0 unspecified atom stereocenters. The number of aryl methyl sites for hydroxylation is 3. The van der Waals surface area contributed by atoms with Gasteiger partial charge in [0.15, 0.2) is 0 Å². The van der Waals surface area contributed by atoms with Crippen LogP contribution in [0, 0.1) is 13.8 Å². The van der Waals surface area contributed by atoms with Crippen LogP contribution in [0.1, 0.15) is 28.9 Å². The van der Waals surface area contributed by atoms with Crippen molar-refractivity contribution in [2.24, 2.45) is 0 Å². The Morgan fingerprint density at radius 2 is 1.82 bits per heavy atom. The summed E-state index contributed by atoms with van der Waals surface area (Å²) in [5, 5.41) is 2.96. The number of imidazole rings is 1. The average Bonchev–Trinajstić information content (AvgIpc) is 3.20. The largest absolute Gasteiger partial charge is 0.491 e. The van der Waals surface area contributed by atoms with Crippen LogP contribution in [0.5, 0.6) is 5.75 Å². The van der Waals surface area contributed by atoms with Crippen LogP contribution in [0.3, 0.4) is 0 Å². The molecule has 174 valence electrons. The second kappa shape index (κ2) is 11.3. The molecule has 0 spiro atoms. The molecular weight excluding hydrogens is 422 g/mol. The minimum atomic E-state index is -0.0841. The van der Waals surface area contributed by atoms with E-state index in [2.05, 4.69) is 41.9 Å². The third-order valence-electron chi connectivity index (χ3n) is 5.74. The Balaban J connectivity index is 1.33. The van der Waals surface area contributed by atoms with E-state index in [9.17, 15) is 4.79 Å². The van der Waals surface area contributed by atoms with E-state index in [4.69, 9.17) is 9.72 Å². The second-order valence-corrected chi connectivity index (χ2v) is 8.42. The molecule has 5 nitrogen and oxygen atoms in total. The van der Waals surface area contributed by atoms with Crippen LogP contribution in [-0.4, -0.2) is 28.6 Å². The predicted molar refractivity (Wildman–Crippen MR) is 138 cm³/mol. The summed E-state index contributed by atoms with van der Waals surface area (Å²) >= 11 is 0. The highest BCUT2D eigenvalue weighted by atomic mass is 16.5. The number of benzene rings is 3. The molecule has 4 aromatic rings. The van der Waals surface area contributed by atoms with E-state index in [1.807, 2.05) is 60.7 Å². The van der Waals surface area contributed by atoms with Crippen molar-refractivity contribution in [3.63, 3.8) is 0 Å². The topological polar surface area (TPSA) is 56.1 Å². The Morgan fingerprint density at radius 1 is 1.03 bits per heavy atom. The molecule has 0 bridgehead atoms. The third-order valence-corrected chi connectivity index (χ3v) is 5.74. The molecule has 34 heavy (non-hydrogen) atoms. The zero-order valence-electron chi connectivity index (χ0n) is 19.8. The van der Waals surface area contributed by atoms with Crippen molar-refractivity contribution in [1.29, 1.82) is 0 Å². The number of amides is 1. The van der Waals surface area contributed by atoms with Gasteiger partial charge in [-0.25, -0.2) is 4.98 Å². The molecule has 1 heterocycles. The molecule has 0 aliphatic heterocycles. The van der Waals surface area contributed by atoms with Gasteiger partial charge in [-0.2, -0.15) is 0 Å². The van der Waals surface area contributed by atoms with Gasteiger partial charge >= 0.3 is 0 Å². The molecule has 1 aromatic heterocycles. The van der Waals surface area contributed by atoms with E-state index in [-0.39, 0.29) is 5.91 Å². The summed E-state index contributed by atoms with van der Waals surface area (Å²) in [6.45, 7) is 6.04. The van der Waals surface area contributed by atoms with Crippen LogP contribution < -0.4 is 10.1 Å². The lowest BCUT2D eigenvalue weighted by molar-refractivity contribution is -0.116. The third kappa shape index (κ3) is 6.13. The zero-order chi connectivity index (χ0) is 23.8. The number of carbonyl (C=O) groups excluding carboxylic acids is 1. The van der Waals surface area contributed by atoms with E-state index in [0.29, 0.717) is 13.2 Å². The number of fused-ring (bicyclic) bond motifs is 1. The first kappa shape index (κ1) is 23.3. The SMILES string of the molecule is Cc1ccc(OCCn2c(CCCNC(=O)/C=C/c3ccccc3)nc3ccccc32)c(C)c1. The summed E-state index contributed by atoms with van der Waals surface area (Å²) in [6.07, 6.45) is 4.99. The molecule has 0 radical (unpaired) electrons. The molecule has 5 heteroatoms. The van der Waals surface area contributed by atoms with Gasteiger partial charge < -0.3 is 14.6 Å². The van der Waals surface area contributed by atoms with Crippen molar-refractivity contribution in [1.82, 2.24) is 14.9 Å². The van der Waals surface area contributed by atoms with Crippen molar-refractivity contribution < 1.29 is 9.53 Å². The number of nitrogens with one attached hydrogen (secondary N) is 1. The average molecular weight is 454 g/mol. The van der Waals surface area contributed by atoms with E-state index in [1.54, 1.807) is 6.08 Å². The number of nitrogens with zero attached hydrogens (tertiary/aromatic N) is 2. The molecule has 4 rings (SSSR count). The van der Waals surface area contributed by atoms with Crippen LogP contribution in [0.2, 0.25) is 0 Å². The fraction of sp³-hybridized carbons (Fsp3) is 0.241. The van der Waals surface area contributed by atoms with E-state index < -0.39 is 0 Å². The number of aromatic nitrogens is 2. The van der Waals surface area contributed by atoms with Crippen LogP contribution in [0.25, 0.3) is 17.1 Å². The maximum Gasteiger partial charge on any atom is 0.243 e. The first-order valence-electron chi connectivity index (χ1n) is 11.8. The van der Waals surface area contributed by atoms with E-state index in [0.717, 1.165) is 53.1 Å². The lowest BCUT2D eigenvalue weighted by Crippen LogP contribution is -2.23. The van der Waals surface area contributed by atoms with Gasteiger partial charge in [-0.05, 0) is 55.7 Å². The van der Waals surface area contributed by atoms with Gasteiger partial charge in [0.2, 0.25) is 5.91 Å². The standard InChI is InChI=1S/C29H31N3O2/c1-22-14-16-27(23(2)21-22)34-20-19-32-26-12-7-6-11-25(26)31-28(32)13-8-18-30-29(33)17-15-24-9-4-3-5-10-24/h3-7,9-12,14-17,21H,8,13,18-20H2,1-2H3,(H,30,33)/b17-15+. The van der Waals surface area contributed by atoms with Crippen LogP contribution >= 0.6 is 0 Å². The van der Waals surface area contributed by atoms with Gasteiger partial charge in [-0.15, -0.1) is 0 Å². The molecule has 0 fully saturated rings. The summed E-state index contributed by atoms with van der Waals surface area (Å²) < 4.78 is 8.31. The van der Waals surface area contributed by atoms with Crippen LogP contribution in [0.4, 0.5) is 0 Å². The first-order chi connectivity index (χ1) is 16.6. The minimum absolute atomic E-state index is 0.0841. The van der Waals surface area contributed by atoms with Gasteiger partial charge in [0.25, 0.3) is 0 Å². The van der Waals surface area contributed by atoms with Gasteiger partial charge in [0.1, 0.15) is 18.2 Å². The molecular formula is C29H31N3O2. The molecule has 0 atom stereocenters. The summed E-state index contributed by atoms with van der Waals surface area (Å²) in [4.78, 5) is 17.0. The van der Waals surface area contributed by atoms with Gasteiger partial charge in [0.05, 0.1) is 17.6 Å². The van der Waals surface area contributed by atoms with Gasteiger partial charge in [0, 0.05) is 19.0 Å². The fourth-order valence-electron chi connectivity index (χ4n) is 4.03. The summed E-state index contributed by atoms with van der Waals surface area (Å²) in [6, 6.07) is 24.2. The quantitative estimate of drug-likeness (QED) is 0.255. The number of hydrogen-bond donors (Lipinski definition) is 1. The monoisotopic (exact) mass is 453 g/mol. The van der Waals surface area contributed by atoms with Crippen LogP contribution in [0.15, 0.2) is 78.9 Å². The first-order valence-corrected chi connectivity index (χ1v) is 11.8. The highest BCUT2D eigenvalue weighted by Crippen LogP contribution is 2.20. The second-order valence-electron chi connectivity index (χ2n) is 8.42. The van der Waals surface area contributed by atoms with Gasteiger partial charge in [-0.1, -0.05) is 60.2 Å². The number of ether oxygens (including phenoxy) is 1. The highest BCUT2D eigenvalue weighted by Gasteiger charge is 2.11. The van der Waals surface area contributed by atoms with Crippen molar-refractivity contribution in [3.05, 3.63) is 101 Å². The predicted octanol–water partition coefficient (Wildman–Crippen LogP) is 5.49. The molecule has 1 amide bonds. The van der Waals surface area contributed by atoms with Crippen molar-refractivity contribution in [2.75, 3.05) is 13.2 Å². The molecule has 1 N–H and O–H groups in total. The summed E-state index contributed by atoms with van der Waals surface area (Å²) in [5.41, 5.74) is 5.48. The lowest BCUT2D eigenvalue weighted by Gasteiger charge is -2.13. The Bertz CT molecular complexity index is 1280. The van der Waals surface area contributed by atoms with Gasteiger partial charge in [-0.3, -0.25) is 4.79 Å². The minimum Gasteiger partial charge on any atom is -0.491 e. The molecule has 0 aliphatic rings. The highest BCUT2D eigenvalue weighted by molar-refractivity contribution is 5.91. The molecule has 0 saturated heterocycles. The van der Waals surface area contributed by atoms with Crippen molar-refractivity contribution in [3.8, 4) is 5.75 Å². The molecule has 0 saturated carbocycles. The zero-order valence-corrected chi connectivity index (χ0v) is 19.8. The Labute approximate surface area is 201 Å². The summed E-state index contributed by atoms with van der Waals surface area (Å²) in [7, 11) is 0. The number of para-hydroxylation sites is 2. The van der Waals surface area contributed by atoms with Crippen molar-refractivity contribution >= 4 is 23.0 Å². The van der Waals surface area contributed by atoms with Crippen LogP contribution in [-0.2, 0) is 17.8 Å². The van der Waals surface area contributed by atoms with Crippen molar-refractivity contribution in [2.45, 2.75) is 33.2 Å². The Hall–Kier alpha value is -3.86. The van der Waals surface area contributed by atoms with E-state index in [1.165, 1.54) is 5.56 Å². The smallest absolute Gasteiger partial charge is 0.243 e. The maximum absolute atomic E-state index is 12.1. The lowest BCUT2D eigenvalue weighted by atomic mass is 10.1. The number of carbonyl (C=O) groups is 1. The number of hydrogen-bond acceptors (Lipinski definition) is 3.